The van der Waals surface area contributed by atoms with Crippen LogP contribution in [0, 0.1) is 0 Å². The van der Waals surface area contributed by atoms with Crippen molar-refractivity contribution in [2.75, 3.05) is 13.2 Å². The van der Waals surface area contributed by atoms with Gasteiger partial charge in [0.1, 0.15) is 13.2 Å². The predicted molar refractivity (Wildman–Crippen MR) is 256 cm³/mol. The first kappa shape index (κ1) is 56.6. The van der Waals surface area contributed by atoms with E-state index in [-0.39, 0.29) is 31.6 Å². The lowest BCUT2D eigenvalue weighted by Crippen LogP contribution is -2.30. The molecular formula is C54H90O6. The molecule has 1 atom stereocenters. The molecule has 0 N–H and O–H groups in total. The lowest BCUT2D eigenvalue weighted by atomic mass is 10.1. The molecule has 6 nitrogen and oxygen atoms in total. The fourth-order valence-electron chi connectivity index (χ4n) is 6.49. The summed E-state index contributed by atoms with van der Waals surface area (Å²) in [7, 11) is 0. The highest BCUT2D eigenvalue weighted by Crippen LogP contribution is 2.13. The van der Waals surface area contributed by atoms with Gasteiger partial charge >= 0.3 is 17.9 Å². The second kappa shape index (κ2) is 48.3. The molecule has 1 unspecified atom stereocenters. The van der Waals surface area contributed by atoms with Crippen LogP contribution >= 0.6 is 0 Å². The quantitative estimate of drug-likeness (QED) is 0.0263. The van der Waals surface area contributed by atoms with Gasteiger partial charge in [0.2, 0.25) is 0 Å². The molecule has 6 heteroatoms. The molecule has 0 amide bonds. The van der Waals surface area contributed by atoms with Gasteiger partial charge in [0, 0.05) is 12.8 Å². The number of carbonyl (C=O) groups is 3. The Labute approximate surface area is 369 Å². The van der Waals surface area contributed by atoms with Gasteiger partial charge in [0.05, 0.1) is 6.42 Å². The maximum Gasteiger partial charge on any atom is 0.310 e. The summed E-state index contributed by atoms with van der Waals surface area (Å²) in [5, 5.41) is 0. The number of hydrogen-bond acceptors (Lipinski definition) is 6. The number of esters is 3. The van der Waals surface area contributed by atoms with Gasteiger partial charge in [-0.15, -0.1) is 0 Å². The van der Waals surface area contributed by atoms with Crippen LogP contribution in [0.15, 0.2) is 85.1 Å². The smallest absolute Gasteiger partial charge is 0.310 e. The van der Waals surface area contributed by atoms with E-state index in [9.17, 15) is 14.4 Å². The molecule has 0 saturated heterocycles. The Morgan fingerprint density at radius 3 is 1.13 bits per heavy atom. The van der Waals surface area contributed by atoms with Gasteiger partial charge in [-0.25, -0.2) is 0 Å². The van der Waals surface area contributed by atoms with E-state index < -0.39 is 12.1 Å². The number of ether oxygens (including phenoxy) is 3. The van der Waals surface area contributed by atoms with Crippen LogP contribution in [0.1, 0.15) is 220 Å². The predicted octanol–water partition coefficient (Wildman–Crippen LogP) is 16.0. The number of rotatable bonds is 43. The van der Waals surface area contributed by atoms with Gasteiger partial charge in [0.15, 0.2) is 6.10 Å². The monoisotopic (exact) mass is 835 g/mol. The van der Waals surface area contributed by atoms with Crippen molar-refractivity contribution >= 4 is 17.9 Å². The first-order valence-corrected chi connectivity index (χ1v) is 24.6. The van der Waals surface area contributed by atoms with Crippen molar-refractivity contribution in [2.45, 2.75) is 226 Å². The Balaban J connectivity index is 4.49. The Bertz CT molecular complexity index is 1190. The highest BCUT2D eigenvalue weighted by molar-refractivity contribution is 5.72. The second-order valence-corrected chi connectivity index (χ2v) is 16.0. The molecule has 60 heavy (non-hydrogen) atoms. The summed E-state index contributed by atoms with van der Waals surface area (Å²) < 4.78 is 16.6. The van der Waals surface area contributed by atoms with Crippen molar-refractivity contribution < 1.29 is 28.6 Å². The number of hydrogen-bond donors (Lipinski definition) is 0. The van der Waals surface area contributed by atoms with Crippen LogP contribution in [-0.4, -0.2) is 37.2 Å². The summed E-state index contributed by atoms with van der Waals surface area (Å²) in [5.41, 5.74) is 0. The fourth-order valence-corrected chi connectivity index (χ4v) is 6.49. The molecule has 0 fully saturated rings. The van der Waals surface area contributed by atoms with Crippen molar-refractivity contribution in [2.24, 2.45) is 0 Å². The van der Waals surface area contributed by atoms with E-state index in [0.29, 0.717) is 12.8 Å². The third kappa shape index (κ3) is 45.7. The third-order valence-electron chi connectivity index (χ3n) is 10.2. The van der Waals surface area contributed by atoms with Gasteiger partial charge in [0.25, 0.3) is 0 Å². The van der Waals surface area contributed by atoms with Crippen LogP contribution in [0.5, 0.6) is 0 Å². The zero-order chi connectivity index (χ0) is 43.7. The highest BCUT2D eigenvalue weighted by atomic mass is 16.6. The largest absolute Gasteiger partial charge is 0.462 e. The molecule has 0 aliphatic rings. The Morgan fingerprint density at radius 2 is 0.700 bits per heavy atom. The average Bonchev–Trinajstić information content (AvgIpc) is 3.24. The SMILES string of the molecule is CC/C=C\C/C=C\C/C=C\C/C=C\C/C=C\CC(=O)OC(COC(=O)CCCCCCCCC/C=C\C/C=C\CCCCC)COC(=O)CCCCCCCCCCCC. The normalized spacial score (nSPS) is 12.8. The van der Waals surface area contributed by atoms with Crippen LogP contribution in [0.4, 0.5) is 0 Å². The van der Waals surface area contributed by atoms with Gasteiger partial charge < -0.3 is 14.2 Å². The van der Waals surface area contributed by atoms with E-state index in [0.717, 1.165) is 83.5 Å². The van der Waals surface area contributed by atoms with Gasteiger partial charge in [-0.3, -0.25) is 14.4 Å². The average molecular weight is 835 g/mol. The molecule has 0 spiro atoms. The minimum atomic E-state index is -0.831. The molecule has 0 aromatic carbocycles. The third-order valence-corrected chi connectivity index (χ3v) is 10.2. The lowest BCUT2D eigenvalue weighted by Gasteiger charge is -2.18. The minimum Gasteiger partial charge on any atom is -0.462 e. The lowest BCUT2D eigenvalue weighted by molar-refractivity contribution is -0.166. The standard InChI is InChI=1S/C54H90O6/c1-4-7-10-13-16-19-22-24-26-27-29-30-32-35-38-41-44-47-53(56)59-50-51(49-58-52(55)46-43-40-37-34-21-18-15-12-9-6-3)60-54(57)48-45-42-39-36-33-31-28-25-23-20-17-14-11-8-5-2/h8,11,16-17,19-20,24-26,28,33,36,42,45,51H,4-7,9-10,12-15,18,21-23,27,29-32,34-35,37-41,43-44,46-50H2,1-3H3/b11-8-,19-16-,20-17-,26-24-,28-25-,36-33-,45-42-. The van der Waals surface area contributed by atoms with Crippen molar-refractivity contribution in [3.8, 4) is 0 Å². The van der Waals surface area contributed by atoms with Crippen LogP contribution in [0.25, 0.3) is 0 Å². The molecular weight excluding hydrogens is 745 g/mol. The maximum atomic E-state index is 12.7. The molecule has 0 rings (SSSR count). The zero-order valence-corrected chi connectivity index (χ0v) is 38.9. The van der Waals surface area contributed by atoms with E-state index in [1.54, 1.807) is 6.08 Å². The molecule has 0 bridgehead atoms. The van der Waals surface area contributed by atoms with Gasteiger partial charge in [-0.2, -0.15) is 0 Å². The van der Waals surface area contributed by atoms with E-state index >= 15 is 0 Å². The molecule has 0 aromatic heterocycles. The number of carbonyl (C=O) groups excluding carboxylic acids is 3. The number of unbranched alkanes of at least 4 members (excludes halogenated alkanes) is 19. The molecule has 0 aromatic rings. The summed E-state index contributed by atoms with van der Waals surface area (Å²) >= 11 is 0. The van der Waals surface area contributed by atoms with E-state index in [4.69, 9.17) is 14.2 Å². The molecule has 0 saturated carbocycles. The first-order valence-electron chi connectivity index (χ1n) is 24.6. The molecule has 0 radical (unpaired) electrons. The highest BCUT2D eigenvalue weighted by Gasteiger charge is 2.19. The molecule has 0 aliphatic carbocycles. The van der Waals surface area contributed by atoms with Crippen molar-refractivity contribution in [3.63, 3.8) is 0 Å². The Morgan fingerprint density at radius 1 is 0.367 bits per heavy atom. The maximum absolute atomic E-state index is 12.7. The van der Waals surface area contributed by atoms with Crippen molar-refractivity contribution in [1.29, 1.82) is 0 Å². The molecule has 0 aliphatic heterocycles. The second-order valence-electron chi connectivity index (χ2n) is 16.0. The van der Waals surface area contributed by atoms with Crippen LogP contribution in [-0.2, 0) is 28.6 Å². The zero-order valence-electron chi connectivity index (χ0n) is 38.9. The van der Waals surface area contributed by atoms with Crippen molar-refractivity contribution in [1.82, 2.24) is 0 Å². The summed E-state index contributed by atoms with van der Waals surface area (Å²) in [6.07, 6.45) is 61.6. The topological polar surface area (TPSA) is 78.9 Å². The summed E-state index contributed by atoms with van der Waals surface area (Å²) in [5.74, 6) is -1.06. The van der Waals surface area contributed by atoms with Crippen LogP contribution in [0.2, 0.25) is 0 Å². The summed E-state index contributed by atoms with van der Waals surface area (Å²) in [4.78, 5) is 37.8. The van der Waals surface area contributed by atoms with Crippen molar-refractivity contribution in [3.05, 3.63) is 85.1 Å². The number of allylic oxidation sites excluding steroid dienone is 13. The van der Waals surface area contributed by atoms with Gasteiger partial charge in [-0.1, -0.05) is 209 Å². The van der Waals surface area contributed by atoms with E-state index in [1.165, 1.54) is 96.3 Å². The summed E-state index contributed by atoms with van der Waals surface area (Å²) in [6.45, 7) is 6.38. The molecule has 0 heterocycles. The fraction of sp³-hybridized carbons (Fsp3) is 0.685. The van der Waals surface area contributed by atoms with E-state index in [2.05, 4.69) is 93.7 Å². The van der Waals surface area contributed by atoms with Crippen LogP contribution in [0.3, 0.4) is 0 Å². The summed E-state index contributed by atoms with van der Waals surface area (Å²) in [6, 6.07) is 0. The Hall–Kier alpha value is -3.41. The minimum absolute atomic E-state index is 0.0953. The first-order chi connectivity index (χ1) is 29.5. The molecule has 342 valence electrons. The van der Waals surface area contributed by atoms with Gasteiger partial charge in [-0.05, 0) is 77.0 Å². The van der Waals surface area contributed by atoms with E-state index in [1.807, 2.05) is 6.08 Å². The Kier molecular flexibility index (Phi) is 45.5. The van der Waals surface area contributed by atoms with Crippen LogP contribution < -0.4 is 0 Å².